The Morgan fingerprint density at radius 1 is 1.38 bits per heavy atom. The van der Waals surface area contributed by atoms with E-state index in [9.17, 15) is 0 Å². The van der Waals surface area contributed by atoms with Gasteiger partial charge in [-0.05, 0) is 17.7 Å². The summed E-state index contributed by atoms with van der Waals surface area (Å²) in [7, 11) is 0. The lowest BCUT2D eigenvalue weighted by Crippen LogP contribution is -2.15. The van der Waals surface area contributed by atoms with E-state index in [0.717, 1.165) is 10.6 Å². The normalized spacial score (nSPS) is 9.92. The quantitative estimate of drug-likeness (QED) is 0.782. The fourth-order valence-electron chi connectivity index (χ4n) is 0.850. The van der Waals surface area contributed by atoms with E-state index in [-0.39, 0.29) is 0 Å². The highest BCUT2D eigenvalue weighted by Gasteiger charge is 1.94. The van der Waals surface area contributed by atoms with E-state index in [1.54, 1.807) is 0 Å². The average molecular weight is 216 g/mol. The molecule has 2 nitrogen and oxygen atoms in total. The summed E-state index contributed by atoms with van der Waals surface area (Å²) in [5.74, 6) is 0. The summed E-state index contributed by atoms with van der Waals surface area (Å²) in [6.45, 7) is 0.826. The number of ether oxygens (including phenoxy) is 1. The van der Waals surface area contributed by atoms with E-state index >= 15 is 0 Å². The largest absolute Gasteiger partial charge is 0.391 e. The minimum absolute atomic E-state index is 0.317. The van der Waals surface area contributed by atoms with Crippen molar-refractivity contribution in [3.8, 4) is 0 Å². The van der Waals surface area contributed by atoms with E-state index in [1.165, 1.54) is 0 Å². The third kappa shape index (κ3) is 4.22. The van der Waals surface area contributed by atoms with Crippen LogP contribution in [0.15, 0.2) is 24.3 Å². The maximum atomic E-state index is 5.71. The first kappa shape index (κ1) is 10.4. The van der Waals surface area contributed by atoms with Gasteiger partial charge in [-0.3, -0.25) is 0 Å². The number of hydrogen-bond acceptors (Lipinski definition) is 2. The highest BCUT2D eigenvalue weighted by atomic mass is 35.5. The first-order chi connectivity index (χ1) is 6.18. The van der Waals surface area contributed by atoms with Crippen molar-refractivity contribution in [3.63, 3.8) is 0 Å². The van der Waals surface area contributed by atoms with Crippen LogP contribution >= 0.6 is 23.8 Å². The van der Waals surface area contributed by atoms with Crippen LogP contribution in [-0.2, 0) is 11.3 Å². The van der Waals surface area contributed by atoms with Gasteiger partial charge in [0.15, 0.2) is 0 Å². The van der Waals surface area contributed by atoms with Crippen LogP contribution in [0.5, 0.6) is 0 Å². The van der Waals surface area contributed by atoms with Gasteiger partial charge in [-0.25, -0.2) is 0 Å². The molecule has 4 heteroatoms. The molecule has 0 aliphatic heterocycles. The molecule has 1 aromatic rings. The van der Waals surface area contributed by atoms with Crippen LogP contribution in [0.4, 0.5) is 0 Å². The number of rotatable bonds is 4. The molecule has 0 aromatic heterocycles. The molecule has 0 amide bonds. The summed E-state index contributed by atoms with van der Waals surface area (Å²) in [5.41, 5.74) is 6.32. The molecule has 0 saturated heterocycles. The smallest absolute Gasteiger partial charge is 0.0989 e. The van der Waals surface area contributed by atoms with Crippen LogP contribution in [0.2, 0.25) is 5.02 Å². The molecule has 0 aliphatic carbocycles. The van der Waals surface area contributed by atoms with Crippen molar-refractivity contribution in [1.29, 1.82) is 0 Å². The van der Waals surface area contributed by atoms with Crippen molar-refractivity contribution in [2.45, 2.75) is 6.61 Å². The monoisotopic (exact) mass is 215 g/mol. The molecule has 70 valence electrons. The minimum Gasteiger partial charge on any atom is -0.391 e. The lowest BCUT2D eigenvalue weighted by molar-refractivity contribution is 0.159. The standard InChI is InChI=1S/C9H10ClNOS/c10-8-3-1-7(2-4-8)5-12-6-9(11)13/h1-4H,5-6H2,(H2,11,13). The first-order valence-electron chi connectivity index (χ1n) is 3.79. The summed E-state index contributed by atoms with van der Waals surface area (Å²) >= 11 is 10.4. The van der Waals surface area contributed by atoms with Gasteiger partial charge in [0.25, 0.3) is 0 Å². The molecule has 0 bridgehead atoms. The van der Waals surface area contributed by atoms with Gasteiger partial charge in [-0.15, -0.1) is 0 Å². The summed E-state index contributed by atoms with van der Waals surface area (Å²) in [5, 5.41) is 0.720. The molecule has 0 aliphatic rings. The van der Waals surface area contributed by atoms with E-state index in [4.69, 9.17) is 22.1 Å². The summed E-state index contributed by atoms with van der Waals surface area (Å²) < 4.78 is 5.21. The Bertz CT molecular complexity index is 286. The maximum Gasteiger partial charge on any atom is 0.0989 e. The van der Waals surface area contributed by atoms with Gasteiger partial charge in [-0.2, -0.15) is 0 Å². The number of nitrogens with two attached hydrogens (primary N) is 1. The van der Waals surface area contributed by atoms with Crippen molar-refractivity contribution in [1.82, 2.24) is 0 Å². The van der Waals surface area contributed by atoms with E-state index < -0.39 is 0 Å². The van der Waals surface area contributed by atoms with Crippen LogP contribution < -0.4 is 5.73 Å². The maximum absolute atomic E-state index is 5.71. The van der Waals surface area contributed by atoms with Crippen LogP contribution in [0.1, 0.15) is 5.56 Å². The van der Waals surface area contributed by atoms with Gasteiger partial charge in [0.1, 0.15) is 0 Å². The Morgan fingerprint density at radius 2 is 2.00 bits per heavy atom. The second-order valence-electron chi connectivity index (χ2n) is 2.59. The molecule has 13 heavy (non-hydrogen) atoms. The zero-order chi connectivity index (χ0) is 9.68. The van der Waals surface area contributed by atoms with Gasteiger partial charge in [0.2, 0.25) is 0 Å². The number of hydrogen-bond donors (Lipinski definition) is 1. The second-order valence-corrected chi connectivity index (χ2v) is 3.55. The zero-order valence-corrected chi connectivity index (χ0v) is 8.57. The Kier molecular flexibility index (Phi) is 4.15. The molecular formula is C9H10ClNOS. The lowest BCUT2D eigenvalue weighted by atomic mass is 10.2. The summed E-state index contributed by atoms with van der Waals surface area (Å²) in [6, 6.07) is 7.45. The van der Waals surface area contributed by atoms with Crippen LogP contribution in [0, 0.1) is 0 Å². The molecule has 0 spiro atoms. The first-order valence-corrected chi connectivity index (χ1v) is 4.57. The lowest BCUT2D eigenvalue weighted by Gasteiger charge is -2.02. The number of thiocarbonyl (C=S) groups is 1. The molecule has 0 fully saturated rings. The molecule has 0 radical (unpaired) electrons. The van der Waals surface area contributed by atoms with E-state index in [2.05, 4.69) is 12.2 Å². The predicted molar refractivity (Wildman–Crippen MR) is 57.9 cm³/mol. The highest BCUT2D eigenvalue weighted by Crippen LogP contribution is 2.09. The minimum atomic E-state index is 0.317. The van der Waals surface area contributed by atoms with Gasteiger partial charge in [0.05, 0.1) is 18.2 Å². The van der Waals surface area contributed by atoms with Crippen molar-refractivity contribution in [3.05, 3.63) is 34.9 Å². The number of benzene rings is 1. The topological polar surface area (TPSA) is 35.2 Å². The molecular weight excluding hydrogens is 206 g/mol. The molecule has 0 heterocycles. The van der Waals surface area contributed by atoms with E-state index in [0.29, 0.717) is 18.2 Å². The van der Waals surface area contributed by atoms with Gasteiger partial charge in [-0.1, -0.05) is 36.0 Å². The van der Waals surface area contributed by atoms with Crippen molar-refractivity contribution < 1.29 is 4.74 Å². The van der Waals surface area contributed by atoms with Crippen molar-refractivity contribution in [2.75, 3.05) is 6.61 Å². The second kappa shape index (κ2) is 5.17. The SMILES string of the molecule is NC(=S)COCc1ccc(Cl)cc1. The Labute approximate surface area is 87.6 Å². The zero-order valence-electron chi connectivity index (χ0n) is 7.00. The van der Waals surface area contributed by atoms with Gasteiger partial charge >= 0.3 is 0 Å². The van der Waals surface area contributed by atoms with Crippen LogP contribution in [0.25, 0.3) is 0 Å². The number of halogens is 1. The van der Waals surface area contributed by atoms with Crippen molar-refractivity contribution >= 4 is 28.8 Å². The summed E-state index contributed by atoms with van der Waals surface area (Å²) in [4.78, 5) is 0.369. The van der Waals surface area contributed by atoms with Gasteiger partial charge < -0.3 is 10.5 Å². The fraction of sp³-hybridized carbons (Fsp3) is 0.222. The molecule has 1 aromatic carbocycles. The molecule has 0 unspecified atom stereocenters. The van der Waals surface area contributed by atoms with E-state index in [1.807, 2.05) is 24.3 Å². The molecule has 2 N–H and O–H groups in total. The van der Waals surface area contributed by atoms with Crippen molar-refractivity contribution in [2.24, 2.45) is 5.73 Å². The fourth-order valence-corrected chi connectivity index (χ4v) is 1.06. The molecule has 0 saturated carbocycles. The van der Waals surface area contributed by atoms with Crippen LogP contribution in [0.3, 0.4) is 0 Å². The Morgan fingerprint density at radius 3 is 2.54 bits per heavy atom. The average Bonchev–Trinajstić information content (AvgIpc) is 2.08. The predicted octanol–water partition coefficient (Wildman–Crippen LogP) is 2.14. The Balaban J connectivity index is 2.37. The van der Waals surface area contributed by atoms with Crippen LogP contribution in [-0.4, -0.2) is 11.6 Å². The molecule has 0 atom stereocenters. The molecule has 1 rings (SSSR count). The third-order valence-electron chi connectivity index (χ3n) is 1.43. The highest BCUT2D eigenvalue weighted by molar-refractivity contribution is 7.80. The Hall–Kier alpha value is -0.640. The summed E-state index contributed by atoms with van der Waals surface area (Å²) in [6.07, 6.45) is 0. The third-order valence-corrected chi connectivity index (χ3v) is 1.80. The van der Waals surface area contributed by atoms with Gasteiger partial charge in [0, 0.05) is 5.02 Å².